The fraction of sp³-hybridized carbons (Fsp3) is 0.923. The molecule has 0 spiro atoms. The molecule has 0 aromatic carbocycles. The molecule has 1 aliphatic heterocycles. The molecule has 9 atom stereocenters. The van der Waals surface area contributed by atoms with Crippen LogP contribution in [0, 0.1) is 0 Å². The van der Waals surface area contributed by atoms with E-state index in [-0.39, 0.29) is 12.8 Å². The molecule has 450 valence electrons. The van der Waals surface area contributed by atoms with Crippen LogP contribution >= 0.6 is 0 Å². The van der Waals surface area contributed by atoms with Crippen molar-refractivity contribution in [3.8, 4) is 0 Å². The zero-order chi connectivity index (χ0) is 55.4. The fourth-order valence-electron chi connectivity index (χ4n) is 10.7. The third-order valence-corrected chi connectivity index (χ3v) is 16.0. The normalized spacial score (nSPS) is 19.7. The molecule has 9 unspecified atom stereocenters. The number of ether oxygens (including phenoxy) is 2. The summed E-state index contributed by atoms with van der Waals surface area (Å²) in [5.41, 5.74) is 0. The van der Waals surface area contributed by atoms with Gasteiger partial charge in [-0.1, -0.05) is 289 Å². The van der Waals surface area contributed by atoms with Gasteiger partial charge in [-0.05, 0) is 51.4 Å². The summed E-state index contributed by atoms with van der Waals surface area (Å²) in [6, 6.07) is -1.19. The molecule has 1 heterocycles. The SMILES string of the molecule is CCCCCCCCCCCCCC/C=C/CC/C=C/CCCC(O)C(O)C(COC1OC(CO)C(O)C(O)C1O)NC(=O)C(O)CCCCCCCCCCCCCCCCCCCCCCCCCCCCCC. The second-order valence-electron chi connectivity index (χ2n) is 23.2. The summed E-state index contributed by atoms with van der Waals surface area (Å²) < 4.78 is 11.2. The van der Waals surface area contributed by atoms with Gasteiger partial charge in [0.1, 0.15) is 36.6 Å². The van der Waals surface area contributed by atoms with Crippen molar-refractivity contribution in [2.45, 2.75) is 371 Å². The Morgan fingerprint density at radius 1 is 0.447 bits per heavy atom. The molecule has 0 bridgehead atoms. The Morgan fingerprint density at radius 2 is 0.789 bits per heavy atom. The summed E-state index contributed by atoms with van der Waals surface area (Å²) >= 11 is 0. The first-order valence-corrected chi connectivity index (χ1v) is 32.7. The van der Waals surface area contributed by atoms with Crippen molar-refractivity contribution in [2.24, 2.45) is 0 Å². The van der Waals surface area contributed by atoms with Gasteiger partial charge in [-0.2, -0.15) is 0 Å². The Balaban J connectivity index is 2.25. The number of allylic oxidation sites excluding steroid dienone is 4. The molecule has 0 saturated carbocycles. The number of aliphatic hydroxyl groups excluding tert-OH is 7. The predicted molar refractivity (Wildman–Crippen MR) is 316 cm³/mol. The minimum Gasteiger partial charge on any atom is -0.394 e. The van der Waals surface area contributed by atoms with E-state index in [2.05, 4.69) is 43.5 Å². The van der Waals surface area contributed by atoms with E-state index in [4.69, 9.17) is 9.47 Å². The van der Waals surface area contributed by atoms with Crippen LogP contribution in [-0.4, -0.2) is 110 Å². The number of amides is 1. The molecule has 11 nitrogen and oxygen atoms in total. The maximum Gasteiger partial charge on any atom is 0.249 e. The van der Waals surface area contributed by atoms with Gasteiger partial charge in [0.15, 0.2) is 6.29 Å². The predicted octanol–water partition coefficient (Wildman–Crippen LogP) is 14.9. The number of carbonyl (C=O) groups excluding carboxylic acids is 1. The van der Waals surface area contributed by atoms with Crippen LogP contribution in [0.3, 0.4) is 0 Å². The zero-order valence-corrected chi connectivity index (χ0v) is 49.5. The number of aliphatic hydroxyl groups is 7. The van der Waals surface area contributed by atoms with Gasteiger partial charge in [-0.15, -0.1) is 0 Å². The van der Waals surface area contributed by atoms with Crippen molar-refractivity contribution < 1.29 is 50.0 Å². The second kappa shape index (κ2) is 54.2. The first-order valence-electron chi connectivity index (χ1n) is 32.7. The van der Waals surface area contributed by atoms with E-state index in [1.165, 1.54) is 231 Å². The van der Waals surface area contributed by atoms with E-state index in [9.17, 15) is 40.5 Å². The summed E-state index contributed by atoms with van der Waals surface area (Å²) in [5.74, 6) is -0.704. The van der Waals surface area contributed by atoms with E-state index in [0.717, 1.165) is 38.5 Å². The molecule has 0 aliphatic carbocycles. The summed E-state index contributed by atoms with van der Waals surface area (Å²) in [6.07, 6.45) is 55.4. The number of hydrogen-bond acceptors (Lipinski definition) is 10. The van der Waals surface area contributed by atoms with Crippen LogP contribution < -0.4 is 5.32 Å². The average molecular weight is 1080 g/mol. The summed E-state index contributed by atoms with van der Waals surface area (Å²) in [7, 11) is 0. The molecule has 1 fully saturated rings. The topological polar surface area (TPSA) is 189 Å². The molecule has 1 rings (SSSR count). The number of nitrogens with one attached hydrogen (secondary N) is 1. The lowest BCUT2D eigenvalue weighted by molar-refractivity contribution is -0.303. The van der Waals surface area contributed by atoms with Crippen LogP contribution in [0.2, 0.25) is 0 Å². The quantitative estimate of drug-likeness (QED) is 0.0215. The van der Waals surface area contributed by atoms with Gasteiger partial charge in [0.25, 0.3) is 0 Å². The number of hydrogen-bond donors (Lipinski definition) is 8. The fourth-order valence-corrected chi connectivity index (χ4v) is 10.7. The van der Waals surface area contributed by atoms with Gasteiger partial charge in [0, 0.05) is 0 Å². The molecular formula is C65H125NO10. The van der Waals surface area contributed by atoms with Crippen LogP contribution in [0.4, 0.5) is 0 Å². The van der Waals surface area contributed by atoms with Gasteiger partial charge in [-0.3, -0.25) is 4.79 Å². The lowest BCUT2D eigenvalue weighted by Crippen LogP contribution is -2.60. The van der Waals surface area contributed by atoms with E-state index in [1.54, 1.807) is 0 Å². The van der Waals surface area contributed by atoms with Gasteiger partial charge in [-0.25, -0.2) is 0 Å². The van der Waals surface area contributed by atoms with Crippen molar-refractivity contribution >= 4 is 5.91 Å². The van der Waals surface area contributed by atoms with E-state index < -0.39 is 74.2 Å². The first kappa shape index (κ1) is 72.6. The maximum absolute atomic E-state index is 13.2. The van der Waals surface area contributed by atoms with Crippen molar-refractivity contribution in [2.75, 3.05) is 13.2 Å². The van der Waals surface area contributed by atoms with Crippen molar-refractivity contribution in [1.29, 1.82) is 0 Å². The molecule has 0 radical (unpaired) electrons. The lowest BCUT2D eigenvalue weighted by Gasteiger charge is -2.40. The Bertz CT molecular complexity index is 1280. The highest BCUT2D eigenvalue weighted by Gasteiger charge is 2.44. The summed E-state index contributed by atoms with van der Waals surface area (Å²) in [5, 5.41) is 76.3. The molecular weight excluding hydrogens is 955 g/mol. The van der Waals surface area contributed by atoms with Gasteiger partial charge in [0.2, 0.25) is 5.91 Å². The van der Waals surface area contributed by atoms with Crippen LogP contribution in [0.1, 0.15) is 316 Å². The Labute approximate surface area is 467 Å². The maximum atomic E-state index is 13.2. The molecule has 0 aromatic heterocycles. The van der Waals surface area contributed by atoms with E-state index in [0.29, 0.717) is 19.3 Å². The van der Waals surface area contributed by atoms with Crippen molar-refractivity contribution in [1.82, 2.24) is 5.32 Å². The van der Waals surface area contributed by atoms with Crippen LogP contribution in [0.25, 0.3) is 0 Å². The van der Waals surface area contributed by atoms with Gasteiger partial charge < -0.3 is 50.5 Å². The number of rotatable bonds is 57. The van der Waals surface area contributed by atoms with Crippen molar-refractivity contribution in [3.63, 3.8) is 0 Å². The van der Waals surface area contributed by atoms with Gasteiger partial charge >= 0.3 is 0 Å². The van der Waals surface area contributed by atoms with E-state index >= 15 is 0 Å². The minimum absolute atomic E-state index is 0.249. The molecule has 8 N–H and O–H groups in total. The molecule has 11 heteroatoms. The molecule has 1 amide bonds. The highest BCUT2D eigenvalue weighted by Crippen LogP contribution is 2.24. The molecule has 76 heavy (non-hydrogen) atoms. The third kappa shape index (κ3) is 41.6. The monoisotopic (exact) mass is 1080 g/mol. The first-order chi connectivity index (χ1) is 37.2. The Kier molecular flexibility index (Phi) is 51.8. The van der Waals surface area contributed by atoms with Crippen LogP contribution in [0.5, 0.6) is 0 Å². The smallest absolute Gasteiger partial charge is 0.249 e. The van der Waals surface area contributed by atoms with Gasteiger partial charge in [0.05, 0.1) is 25.4 Å². The van der Waals surface area contributed by atoms with E-state index in [1.807, 2.05) is 0 Å². The van der Waals surface area contributed by atoms with Crippen LogP contribution in [0.15, 0.2) is 24.3 Å². The van der Waals surface area contributed by atoms with Crippen molar-refractivity contribution in [3.05, 3.63) is 24.3 Å². The molecule has 1 aliphatic rings. The number of carbonyl (C=O) groups is 1. The van der Waals surface area contributed by atoms with Crippen LogP contribution in [-0.2, 0) is 14.3 Å². The third-order valence-electron chi connectivity index (χ3n) is 16.0. The number of unbranched alkanes of at least 4 members (excludes halogenated alkanes) is 41. The Morgan fingerprint density at radius 3 is 1.17 bits per heavy atom. The highest BCUT2D eigenvalue weighted by atomic mass is 16.7. The minimum atomic E-state index is -1.67. The Hall–Kier alpha value is -1.41. The highest BCUT2D eigenvalue weighted by molar-refractivity contribution is 5.80. The summed E-state index contributed by atoms with van der Waals surface area (Å²) in [6.45, 7) is 3.48. The largest absolute Gasteiger partial charge is 0.394 e. The molecule has 0 aromatic rings. The zero-order valence-electron chi connectivity index (χ0n) is 49.5. The molecule has 1 saturated heterocycles. The second-order valence-corrected chi connectivity index (χ2v) is 23.2. The standard InChI is InChI=1S/C65H125NO10/c1-3-5-7-9-11-13-15-17-19-21-23-25-26-27-28-29-30-31-33-35-37-39-41-43-45-47-49-51-53-58(69)64(74)66-56(55-75-65-63(73)62(72)61(71)59(54-67)76-65)60(70)57(68)52-50-48-46-44-42-40-38-36-34-32-24-22-20-18-16-14-12-10-8-6-4-2/h36,38,44,46,56-63,65,67-73H,3-35,37,39-43,45,47-55H2,1-2H3,(H,66,74)/b38-36+,46-44+. The summed E-state index contributed by atoms with van der Waals surface area (Å²) in [4.78, 5) is 13.2. The average Bonchev–Trinajstić information content (AvgIpc) is 3.42. The lowest BCUT2D eigenvalue weighted by atomic mass is 9.98.